The molecule has 1 N–H and O–H groups in total. The fourth-order valence-electron chi connectivity index (χ4n) is 6.19. The SMILES string of the molecule is CC(F)(F)c1ccc(O[C@@H]2CCN(C(=O)O[C@H]3C4CC5CC3C[C@](O)(C5)C4)C2)nc1. The van der Waals surface area contributed by atoms with Gasteiger partial charge in [-0.25, -0.2) is 18.6 Å². The van der Waals surface area contributed by atoms with Gasteiger partial charge in [0.05, 0.1) is 12.1 Å². The maximum absolute atomic E-state index is 13.3. The van der Waals surface area contributed by atoms with Crippen molar-refractivity contribution in [2.45, 2.75) is 69.2 Å². The van der Waals surface area contributed by atoms with Crippen LogP contribution in [0.15, 0.2) is 18.3 Å². The van der Waals surface area contributed by atoms with Crippen LogP contribution in [-0.4, -0.2) is 52.0 Å². The molecule has 2 heterocycles. The fourth-order valence-corrected chi connectivity index (χ4v) is 6.19. The van der Waals surface area contributed by atoms with E-state index in [0.29, 0.717) is 25.4 Å². The van der Waals surface area contributed by atoms with Gasteiger partial charge in [0.25, 0.3) is 5.92 Å². The summed E-state index contributed by atoms with van der Waals surface area (Å²) in [6.45, 7) is 1.75. The van der Waals surface area contributed by atoms with Crippen molar-refractivity contribution in [3.05, 3.63) is 23.9 Å². The van der Waals surface area contributed by atoms with E-state index in [9.17, 15) is 18.7 Å². The fraction of sp³-hybridized carbons (Fsp3) is 0.727. The number of ether oxygens (including phenoxy) is 2. The molecule has 6 rings (SSSR count). The topological polar surface area (TPSA) is 71.9 Å². The van der Waals surface area contributed by atoms with Crippen LogP contribution in [-0.2, 0) is 10.7 Å². The molecule has 3 atom stereocenters. The van der Waals surface area contributed by atoms with Crippen LogP contribution >= 0.6 is 0 Å². The molecular weight excluding hydrogens is 394 g/mol. The number of aromatic nitrogens is 1. The lowest BCUT2D eigenvalue weighted by Gasteiger charge is -2.57. The number of hydrogen-bond acceptors (Lipinski definition) is 5. The van der Waals surface area contributed by atoms with Gasteiger partial charge in [0.2, 0.25) is 5.88 Å². The number of hydrogen-bond donors (Lipinski definition) is 1. The Kier molecular flexibility index (Phi) is 4.69. The van der Waals surface area contributed by atoms with E-state index in [2.05, 4.69) is 4.98 Å². The molecule has 8 heteroatoms. The number of rotatable bonds is 4. The molecule has 0 spiro atoms. The summed E-state index contributed by atoms with van der Waals surface area (Å²) in [5, 5.41) is 10.7. The zero-order valence-corrected chi connectivity index (χ0v) is 17.1. The van der Waals surface area contributed by atoms with Crippen molar-refractivity contribution < 1.29 is 28.2 Å². The molecule has 5 fully saturated rings. The van der Waals surface area contributed by atoms with Crippen LogP contribution in [0.5, 0.6) is 5.88 Å². The van der Waals surface area contributed by atoms with Crippen molar-refractivity contribution in [3.8, 4) is 5.88 Å². The summed E-state index contributed by atoms with van der Waals surface area (Å²) in [7, 11) is 0. The molecular formula is C22H28F2N2O4. The monoisotopic (exact) mass is 422 g/mol. The summed E-state index contributed by atoms with van der Waals surface area (Å²) in [5.74, 6) is -1.57. The van der Waals surface area contributed by atoms with Crippen molar-refractivity contribution >= 4 is 6.09 Å². The second kappa shape index (κ2) is 7.04. The Balaban J connectivity index is 1.15. The minimum absolute atomic E-state index is 0.0979. The Bertz CT molecular complexity index is 796. The van der Waals surface area contributed by atoms with E-state index in [1.54, 1.807) is 4.90 Å². The van der Waals surface area contributed by atoms with Crippen LogP contribution in [0.1, 0.15) is 51.0 Å². The first kappa shape index (κ1) is 20.0. The van der Waals surface area contributed by atoms with Gasteiger partial charge in [-0.15, -0.1) is 0 Å². The Morgan fingerprint density at radius 2 is 2.00 bits per heavy atom. The molecule has 0 aromatic carbocycles. The molecule has 6 nitrogen and oxygen atoms in total. The highest BCUT2D eigenvalue weighted by atomic mass is 19.3. The van der Waals surface area contributed by atoms with E-state index in [1.165, 1.54) is 12.1 Å². The molecule has 1 aromatic rings. The molecule has 30 heavy (non-hydrogen) atoms. The highest BCUT2D eigenvalue weighted by molar-refractivity contribution is 5.68. The number of aliphatic hydroxyl groups is 1. The molecule has 4 aliphatic carbocycles. The predicted molar refractivity (Wildman–Crippen MR) is 103 cm³/mol. The minimum Gasteiger partial charge on any atom is -0.472 e. The maximum atomic E-state index is 13.3. The zero-order chi connectivity index (χ0) is 21.1. The number of halogens is 2. The number of amides is 1. The van der Waals surface area contributed by atoms with Crippen molar-refractivity contribution in [1.29, 1.82) is 0 Å². The van der Waals surface area contributed by atoms with Gasteiger partial charge in [-0.05, 0) is 55.9 Å². The summed E-state index contributed by atoms with van der Waals surface area (Å²) in [6, 6.07) is 2.75. The first-order valence-corrected chi connectivity index (χ1v) is 10.9. The molecule has 1 amide bonds. The molecule has 2 unspecified atom stereocenters. The first-order valence-electron chi connectivity index (χ1n) is 10.9. The number of nitrogens with zero attached hydrogens (tertiary/aromatic N) is 2. The third kappa shape index (κ3) is 3.74. The molecule has 164 valence electrons. The second-order valence-corrected chi connectivity index (χ2v) is 9.79. The number of pyridine rings is 1. The summed E-state index contributed by atoms with van der Waals surface area (Å²) in [5.41, 5.74) is -0.706. The maximum Gasteiger partial charge on any atom is 0.410 e. The van der Waals surface area contributed by atoms with Crippen molar-refractivity contribution in [2.24, 2.45) is 17.8 Å². The average molecular weight is 422 g/mol. The van der Waals surface area contributed by atoms with Gasteiger partial charge in [-0.2, -0.15) is 0 Å². The van der Waals surface area contributed by atoms with E-state index in [0.717, 1.165) is 45.2 Å². The van der Waals surface area contributed by atoms with Gasteiger partial charge in [-0.1, -0.05) is 0 Å². The number of carbonyl (C=O) groups is 1. The summed E-state index contributed by atoms with van der Waals surface area (Å²) < 4.78 is 38.3. The predicted octanol–water partition coefficient (Wildman–Crippen LogP) is 3.72. The zero-order valence-electron chi connectivity index (χ0n) is 17.1. The van der Waals surface area contributed by atoms with Crippen LogP contribution < -0.4 is 4.74 Å². The molecule has 1 saturated heterocycles. The third-order valence-corrected chi connectivity index (χ3v) is 7.33. The highest BCUT2D eigenvalue weighted by Gasteiger charge is 2.56. The quantitative estimate of drug-likeness (QED) is 0.801. The lowest BCUT2D eigenvalue weighted by atomic mass is 9.53. The smallest absolute Gasteiger partial charge is 0.410 e. The molecule has 1 aromatic heterocycles. The van der Waals surface area contributed by atoms with Gasteiger partial charge in [-0.3, -0.25) is 0 Å². The number of likely N-dealkylation sites (tertiary alicyclic amines) is 1. The van der Waals surface area contributed by atoms with Crippen molar-refractivity contribution in [3.63, 3.8) is 0 Å². The van der Waals surface area contributed by atoms with Gasteiger partial charge < -0.3 is 19.5 Å². The molecule has 5 aliphatic rings. The van der Waals surface area contributed by atoms with Gasteiger partial charge in [0.15, 0.2) is 0 Å². The van der Waals surface area contributed by atoms with Crippen LogP contribution in [0.4, 0.5) is 13.6 Å². The number of carbonyl (C=O) groups excluding carboxylic acids is 1. The van der Waals surface area contributed by atoms with Gasteiger partial charge in [0, 0.05) is 37.7 Å². The Labute approximate surface area is 174 Å². The largest absolute Gasteiger partial charge is 0.472 e. The molecule has 0 radical (unpaired) electrons. The lowest BCUT2D eigenvalue weighted by molar-refractivity contribution is -0.177. The van der Waals surface area contributed by atoms with E-state index in [4.69, 9.17) is 9.47 Å². The Morgan fingerprint density at radius 3 is 2.60 bits per heavy atom. The Hall–Kier alpha value is -1.96. The van der Waals surface area contributed by atoms with Crippen LogP contribution in [0.3, 0.4) is 0 Å². The summed E-state index contributed by atoms with van der Waals surface area (Å²) in [4.78, 5) is 18.4. The van der Waals surface area contributed by atoms with Crippen molar-refractivity contribution in [2.75, 3.05) is 13.1 Å². The Morgan fingerprint density at radius 1 is 1.27 bits per heavy atom. The average Bonchev–Trinajstić information content (AvgIpc) is 3.11. The van der Waals surface area contributed by atoms with Crippen LogP contribution in [0.2, 0.25) is 0 Å². The van der Waals surface area contributed by atoms with Gasteiger partial charge >= 0.3 is 6.09 Å². The van der Waals surface area contributed by atoms with Crippen molar-refractivity contribution in [1.82, 2.24) is 9.88 Å². The lowest BCUT2D eigenvalue weighted by Crippen LogP contribution is -2.58. The highest BCUT2D eigenvalue weighted by Crippen LogP contribution is 2.56. The van der Waals surface area contributed by atoms with E-state index < -0.39 is 11.5 Å². The summed E-state index contributed by atoms with van der Waals surface area (Å²) in [6.07, 6.45) is 5.57. The number of alkyl halides is 2. The third-order valence-electron chi connectivity index (χ3n) is 7.33. The first-order chi connectivity index (χ1) is 14.2. The summed E-state index contributed by atoms with van der Waals surface area (Å²) >= 11 is 0. The minimum atomic E-state index is -2.94. The molecule has 4 saturated carbocycles. The standard InChI is InChI=1S/C22H28F2N2O4/c1-21(23,24)16-2-3-18(25-11-16)29-17-4-5-26(12-17)20(27)30-19-14-6-13-7-15(19)10-22(28,8-13)9-14/h2-3,11,13-15,17,19,28H,4-10,12H2,1H3/t13?,14?,15?,17-,19-,22-/m1/s1. The molecule has 4 bridgehead atoms. The van der Waals surface area contributed by atoms with E-state index in [-0.39, 0.29) is 41.6 Å². The van der Waals surface area contributed by atoms with Crippen LogP contribution in [0.25, 0.3) is 0 Å². The van der Waals surface area contributed by atoms with Gasteiger partial charge in [0.1, 0.15) is 12.2 Å². The van der Waals surface area contributed by atoms with E-state index in [1.807, 2.05) is 0 Å². The van der Waals surface area contributed by atoms with Crippen LogP contribution in [0, 0.1) is 17.8 Å². The second-order valence-electron chi connectivity index (χ2n) is 9.79. The normalized spacial score (nSPS) is 37.5. The molecule has 1 aliphatic heterocycles. The van der Waals surface area contributed by atoms with E-state index >= 15 is 0 Å².